The third-order valence-electron chi connectivity index (χ3n) is 3.39. The van der Waals surface area contributed by atoms with E-state index in [1.165, 1.54) is 37.1 Å². The third-order valence-corrected chi connectivity index (χ3v) is 3.39. The quantitative estimate of drug-likeness (QED) is 0.774. The molecule has 1 aromatic heterocycles. The second-order valence-electron chi connectivity index (χ2n) is 5.28. The van der Waals surface area contributed by atoms with E-state index in [2.05, 4.69) is 36.7 Å². The molecule has 2 heterocycles. The predicted octanol–water partition coefficient (Wildman–Crippen LogP) is 3.18. The number of aryl methyl sites for hydroxylation is 1. The van der Waals surface area contributed by atoms with Gasteiger partial charge in [0.1, 0.15) is 0 Å². The second kappa shape index (κ2) is 4.96. The highest BCUT2D eigenvalue weighted by atomic mass is 15.2. The molecule has 1 atom stereocenters. The highest BCUT2D eigenvalue weighted by Gasteiger charge is 2.27. The molecule has 0 unspecified atom stereocenters. The minimum Gasteiger partial charge on any atom is -0.296 e. The van der Waals surface area contributed by atoms with Gasteiger partial charge in [-0.3, -0.25) is 9.88 Å². The minimum atomic E-state index is 0.630. The first kappa shape index (κ1) is 11.6. The third kappa shape index (κ3) is 2.43. The Bertz CT molecular complexity index is 346. The van der Waals surface area contributed by atoms with Crippen LogP contribution in [0.5, 0.6) is 0 Å². The number of likely N-dealkylation sites (tertiary alicyclic amines) is 1. The number of pyridine rings is 1. The van der Waals surface area contributed by atoms with Crippen LogP contribution in [-0.2, 0) is 0 Å². The zero-order valence-corrected chi connectivity index (χ0v) is 10.6. The van der Waals surface area contributed by atoms with Crippen molar-refractivity contribution in [1.82, 2.24) is 9.88 Å². The Morgan fingerprint density at radius 2 is 2.31 bits per heavy atom. The van der Waals surface area contributed by atoms with Crippen molar-refractivity contribution in [3.8, 4) is 0 Å². The van der Waals surface area contributed by atoms with Gasteiger partial charge in [-0.05, 0) is 49.4 Å². The lowest BCUT2D eigenvalue weighted by Crippen LogP contribution is -2.27. The maximum Gasteiger partial charge on any atom is 0.0352 e. The smallest absolute Gasteiger partial charge is 0.0352 e. The van der Waals surface area contributed by atoms with Crippen molar-refractivity contribution in [3.63, 3.8) is 0 Å². The Morgan fingerprint density at radius 3 is 3.00 bits per heavy atom. The van der Waals surface area contributed by atoms with Crippen molar-refractivity contribution in [1.29, 1.82) is 0 Å². The Balaban J connectivity index is 2.17. The number of hydrogen-bond acceptors (Lipinski definition) is 2. The average molecular weight is 218 g/mol. The number of aromatic nitrogens is 1. The summed E-state index contributed by atoms with van der Waals surface area (Å²) in [6.45, 7) is 9.24. The summed E-state index contributed by atoms with van der Waals surface area (Å²) in [5, 5.41) is 0. The molecule has 1 aliphatic heterocycles. The molecule has 0 saturated carbocycles. The molecule has 1 aliphatic rings. The van der Waals surface area contributed by atoms with Crippen LogP contribution in [0.25, 0.3) is 0 Å². The largest absolute Gasteiger partial charge is 0.296 e. The van der Waals surface area contributed by atoms with Crippen molar-refractivity contribution in [2.75, 3.05) is 13.1 Å². The molecule has 0 amide bonds. The molecular formula is C14H22N2. The lowest BCUT2D eigenvalue weighted by atomic mass is 10.0. The Morgan fingerprint density at radius 1 is 1.50 bits per heavy atom. The summed E-state index contributed by atoms with van der Waals surface area (Å²) in [6, 6.07) is 2.82. The van der Waals surface area contributed by atoms with E-state index in [4.69, 9.17) is 0 Å². The second-order valence-corrected chi connectivity index (χ2v) is 5.28. The topological polar surface area (TPSA) is 16.1 Å². The molecule has 1 fully saturated rings. The van der Waals surface area contributed by atoms with Crippen LogP contribution < -0.4 is 0 Å². The fourth-order valence-electron chi connectivity index (χ4n) is 2.72. The van der Waals surface area contributed by atoms with Gasteiger partial charge in [-0.15, -0.1) is 0 Å². The summed E-state index contributed by atoms with van der Waals surface area (Å²) >= 11 is 0. The van der Waals surface area contributed by atoms with E-state index in [1.54, 1.807) is 0 Å². The van der Waals surface area contributed by atoms with Crippen LogP contribution in [-0.4, -0.2) is 23.0 Å². The zero-order chi connectivity index (χ0) is 11.5. The summed E-state index contributed by atoms with van der Waals surface area (Å²) in [7, 11) is 0. The molecule has 2 heteroatoms. The van der Waals surface area contributed by atoms with Crippen LogP contribution in [0, 0.1) is 12.8 Å². The van der Waals surface area contributed by atoms with E-state index in [1.807, 2.05) is 12.4 Å². The lowest BCUT2D eigenvalue weighted by Gasteiger charge is -2.27. The molecule has 1 saturated heterocycles. The minimum absolute atomic E-state index is 0.630. The Labute approximate surface area is 98.7 Å². The molecule has 0 radical (unpaired) electrons. The van der Waals surface area contributed by atoms with Gasteiger partial charge in [0.05, 0.1) is 0 Å². The van der Waals surface area contributed by atoms with Gasteiger partial charge in [0, 0.05) is 25.0 Å². The van der Waals surface area contributed by atoms with E-state index in [0.717, 1.165) is 5.92 Å². The van der Waals surface area contributed by atoms with Crippen molar-refractivity contribution < 1.29 is 0 Å². The van der Waals surface area contributed by atoms with E-state index < -0.39 is 0 Å². The van der Waals surface area contributed by atoms with Crippen molar-refractivity contribution in [2.24, 2.45) is 5.92 Å². The molecule has 0 aromatic carbocycles. The molecule has 2 nitrogen and oxygen atoms in total. The first-order valence-electron chi connectivity index (χ1n) is 6.33. The molecule has 1 aromatic rings. The molecule has 0 spiro atoms. The van der Waals surface area contributed by atoms with E-state index in [0.29, 0.717) is 6.04 Å². The highest BCUT2D eigenvalue weighted by Crippen LogP contribution is 2.33. The molecule has 2 rings (SSSR count). The number of hydrogen-bond donors (Lipinski definition) is 0. The lowest BCUT2D eigenvalue weighted by molar-refractivity contribution is 0.228. The SMILES string of the molecule is Cc1cnccc1[C@@H]1CCCN1CC(C)C. The van der Waals surface area contributed by atoms with Crippen molar-refractivity contribution in [2.45, 2.75) is 39.7 Å². The van der Waals surface area contributed by atoms with Gasteiger partial charge in [-0.1, -0.05) is 13.8 Å². The van der Waals surface area contributed by atoms with E-state index in [-0.39, 0.29) is 0 Å². The summed E-state index contributed by atoms with van der Waals surface area (Å²) in [6.07, 6.45) is 6.55. The normalized spacial score (nSPS) is 21.9. The standard InChI is InChI=1S/C14H22N2/c1-11(2)10-16-8-4-5-14(16)13-6-7-15-9-12(13)3/h6-7,9,11,14H,4-5,8,10H2,1-3H3/t14-/m0/s1. The summed E-state index contributed by atoms with van der Waals surface area (Å²) < 4.78 is 0. The van der Waals surface area contributed by atoms with Crippen LogP contribution in [0.2, 0.25) is 0 Å². The maximum absolute atomic E-state index is 4.18. The van der Waals surface area contributed by atoms with Crippen molar-refractivity contribution in [3.05, 3.63) is 29.6 Å². The van der Waals surface area contributed by atoms with Crippen LogP contribution in [0.15, 0.2) is 18.5 Å². The number of nitrogens with zero attached hydrogens (tertiary/aromatic N) is 2. The fourth-order valence-corrected chi connectivity index (χ4v) is 2.72. The van der Waals surface area contributed by atoms with Crippen LogP contribution in [0.4, 0.5) is 0 Å². The van der Waals surface area contributed by atoms with Gasteiger partial charge >= 0.3 is 0 Å². The summed E-state index contributed by atoms with van der Waals surface area (Å²) in [5.41, 5.74) is 2.82. The number of rotatable bonds is 3. The monoisotopic (exact) mass is 218 g/mol. The molecule has 88 valence electrons. The van der Waals surface area contributed by atoms with Gasteiger partial charge < -0.3 is 0 Å². The van der Waals surface area contributed by atoms with Crippen LogP contribution in [0.3, 0.4) is 0 Å². The molecular weight excluding hydrogens is 196 g/mol. The average Bonchev–Trinajstić information content (AvgIpc) is 2.66. The van der Waals surface area contributed by atoms with Crippen molar-refractivity contribution >= 4 is 0 Å². The maximum atomic E-state index is 4.18. The molecule has 0 bridgehead atoms. The molecule has 0 N–H and O–H groups in total. The summed E-state index contributed by atoms with van der Waals surface area (Å²) in [4.78, 5) is 6.82. The first-order valence-corrected chi connectivity index (χ1v) is 6.33. The Hall–Kier alpha value is -0.890. The van der Waals surface area contributed by atoms with Crippen LogP contribution in [0.1, 0.15) is 43.9 Å². The van der Waals surface area contributed by atoms with Gasteiger partial charge in [0.2, 0.25) is 0 Å². The van der Waals surface area contributed by atoms with Gasteiger partial charge in [-0.25, -0.2) is 0 Å². The molecule has 16 heavy (non-hydrogen) atoms. The summed E-state index contributed by atoms with van der Waals surface area (Å²) in [5.74, 6) is 0.753. The van der Waals surface area contributed by atoms with Gasteiger partial charge in [0.15, 0.2) is 0 Å². The van der Waals surface area contributed by atoms with Gasteiger partial charge in [-0.2, -0.15) is 0 Å². The Kier molecular flexibility index (Phi) is 3.59. The fraction of sp³-hybridized carbons (Fsp3) is 0.643. The highest BCUT2D eigenvalue weighted by molar-refractivity contribution is 5.26. The predicted molar refractivity (Wildman–Crippen MR) is 67.4 cm³/mol. The van der Waals surface area contributed by atoms with E-state index >= 15 is 0 Å². The van der Waals surface area contributed by atoms with Crippen LogP contribution >= 0.6 is 0 Å². The van der Waals surface area contributed by atoms with Gasteiger partial charge in [0.25, 0.3) is 0 Å². The first-order chi connectivity index (χ1) is 7.68. The molecule has 0 aliphatic carbocycles. The zero-order valence-electron chi connectivity index (χ0n) is 10.6. The van der Waals surface area contributed by atoms with E-state index in [9.17, 15) is 0 Å².